The van der Waals surface area contributed by atoms with Crippen molar-refractivity contribution in [1.82, 2.24) is 0 Å². The summed E-state index contributed by atoms with van der Waals surface area (Å²) in [6.07, 6.45) is 6.23. The molecular formula is C12H18O2. The van der Waals surface area contributed by atoms with Crippen LogP contribution >= 0.6 is 0 Å². The fourth-order valence-electron chi connectivity index (χ4n) is 3.10. The fourth-order valence-corrected chi connectivity index (χ4v) is 3.10. The minimum Gasteiger partial charge on any atom is -0.481 e. The number of carboxylic acid groups (broad SMARTS) is 1. The maximum Gasteiger partial charge on any atom is 0.309 e. The van der Waals surface area contributed by atoms with E-state index in [1.54, 1.807) is 0 Å². The van der Waals surface area contributed by atoms with Gasteiger partial charge in [-0.25, -0.2) is 0 Å². The van der Waals surface area contributed by atoms with Crippen LogP contribution in [0.25, 0.3) is 0 Å². The Morgan fingerprint density at radius 2 is 2.21 bits per heavy atom. The van der Waals surface area contributed by atoms with E-state index >= 15 is 0 Å². The number of rotatable bonds is 2. The molecule has 0 heterocycles. The van der Waals surface area contributed by atoms with Crippen molar-refractivity contribution in [3.8, 4) is 0 Å². The van der Waals surface area contributed by atoms with Gasteiger partial charge in [0.05, 0.1) is 5.41 Å². The van der Waals surface area contributed by atoms with Gasteiger partial charge in [-0.15, -0.1) is 0 Å². The largest absolute Gasteiger partial charge is 0.481 e. The molecule has 1 fully saturated rings. The van der Waals surface area contributed by atoms with Gasteiger partial charge >= 0.3 is 5.97 Å². The highest BCUT2D eigenvalue weighted by atomic mass is 16.4. The van der Waals surface area contributed by atoms with Crippen molar-refractivity contribution in [2.45, 2.75) is 33.6 Å². The summed E-state index contributed by atoms with van der Waals surface area (Å²) in [5.74, 6) is 0.168. The highest BCUT2D eigenvalue weighted by Crippen LogP contribution is 2.61. The van der Waals surface area contributed by atoms with E-state index in [1.807, 2.05) is 6.92 Å². The molecule has 2 rings (SSSR count). The van der Waals surface area contributed by atoms with E-state index in [0.717, 1.165) is 12.8 Å². The second kappa shape index (κ2) is 2.62. The van der Waals surface area contributed by atoms with Gasteiger partial charge in [-0.1, -0.05) is 26.0 Å². The van der Waals surface area contributed by atoms with Crippen LogP contribution in [-0.4, -0.2) is 11.1 Å². The smallest absolute Gasteiger partial charge is 0.309 e. The molecular weight excluding hydrogens is 176 g/mol. The third-order valence-corrected chi connectivity index (χ3v) is 4.41. The molecule has 78 valence electrons. The topological polar surface area (TPSA) is 37.3 Å². The molecule has 0 aromatic rings. The number of hydrogen-bond donors (Lipinski definition) is 1. The van der Waals surface area contributed by atoms with E-state index < -0.39 is 11.4 Å². The van der Waals surface area contributed by atoms with Crippen LogP contribution < -0.4 is 0 Å². The molecule has 0 saturated heterocycles. The average molecular weight is 194 g/mol. The Balaban J connectivity index is 2.34. The highest BCUT2D eigenvalue weighted by molar-refractivity contribution is 5.76. The quantitative estimate of drug-likeness (QED) is 0.686. The molecule has 2 bridgehead atoms. The Morgan fingerprint density at radius 3 is 2.57 bits per heavy atom. The van der Waals surface area contributed by atoms with Crippen LogP contribution in [0.3, 0.4) is 0 Å². The molecule has 2 aliphatic rings. The first-order valence-corrected chi connectivity index (χ1v) is 5.33. The van der Waals surface area contributed by atoms with Gasteiger partial charge in [0.2, 0.25) is 0 Å². The predicted octanol–water partition coefficient (Wildman–Crippen LogP) is 2.70. The van der Waals surface area contributed by atoms with E-state index in [1.165, 1.54) is 0 Å². The monoisotopic (exact) mass is 194 g/mol. The molecule has 1 N–H and O–H groups in total. The molecule has 0 aliphatic heterocycles. The van der Waals surface area contributed by atoms with Crippen molar-refractivity contribution >= 4 is 5.97 Å². The zero-order chi connectivity index (χ0) is 10.6. The van der Waals surface area contributed by atoms with E-state index in [2.05, 4.69) is 26.0 Å². The number of fused-ring (bicyclic) bond motifs is 2. The molecule has 0 aromatic heterocycles. The van der Waals surface area contributed by atoms with Crippen LogP contribution in [0.4, 0.5) is 0 Å². The van der Waals surface area contributed by atoms with Crippen molar-refractivity contribution in [2.75, 3.05) is 0 Å². The van der Waals surface area contributed by atoms with Crippen molar-refractivity contribution in [2.24, 2.45) is 22.7 Å². The zero-order valence-corrected chi connectivity index (χ0v) is 9.08. The first kappa shape index (κ1) is 9.75. The first-order chi connectivity index (χ1) is 6.41. The maximum atomic E-state index is 11.2. The number of carboxylic acids is 1. The SMILES string of the molecule is CC(C)C12C=CC(C1)C(C)(C(=O)O)C2. The second-order valence-corrected chi connectivity index (χ2v) is 5.46. The van der Waals surface area contributed by atoms with E-state index in [4.69, 9.17) is 0 Å². The lowest BCUT2D eigenvalue weighted by Crippen LogP contribution is -2.34. The summed E-state index contributed by atoms with van der Waals surface area (Å²) in [5, 5.41) is 9.26. The predicted molar refractivity (Wildman–Crippen MR) is 54.9 cm³/mol. The summed E-state index contributed by atoms with van der Waals surface area (Å²) in [7, 11) is 0. The summed E-state index contributed by atoms with van der Waals surface area (Å²) >= 11 is 0. The second-order valence-electron chi connectivity index (χ2n) is 5.46. The normalized spacial score (nSPS) is 45.0. The molecule has 2 heteroatoms. The van der Waals surface area contributed by atoms with Gasteiger partial charge in [0.15, 0.2) is 0 Å². The number of aliphatic carboxylic acids is 1. The molecule has 2 nitrogen and oxygen atoms in total. The minimum absolute atomic E-state index is 0.164. The Hall–Kier alpha value is -0.790. The zero-order valence-electron chi connectivity index (χ0n) is 9.08. The van der Waals surface area contributed by atoms with Crippen LogP contribution in [0.5, 0.6) is 0 Å². The Morgan fingerprint density at radius 1 is 1.57 bits per heavy atom. The number of carbonyl (C=O) groups is 1. The van der Waals surface area contributed by atoms with Crippen LogP contribution in [0, 0.1) is 22.7 Å². The molecule has 0 aromatic carbocycles. The molecule has 3 atom stereocenters. The van der Waals surface area contributed by atoms with Crippen LogP contribution in [0.15, 0.2) is 12.2 Å². The number of allylic oxidation sites excluding steroid dienone is 2. The Labute approximate surface area is 85.0 Å². The van der Waals surface area contributed by atoms with Crippen molar-refractivity contribution in [3.05, 3.63) is 12.2 Å². The lowest BCUT2D eigenvalue weighted by Gasteiger charge is -2.33. The first-order valence-electron chi connectivity index (χ1n) is 5.33. The van der Waals surface area contributed by atoms with Gasteiger partial charge in [-0.2, -0.15) is 0 Å². The highest BCUT2D eigenvalue weighted by Gasteiger charge is 2.58. The minimum atomic E-state index is -0.630. The van der Waals surface area contributed by atoms with E-state index in [9.17, 15) is 9.90 Å². The molecule has 1 saturated carbocycles. The molecule has 3 unspecified atom stereocenters. The van der Waals surface area contributed by atoms with Crippen LogP contribution in [0.1, 0.15) is 33.6 Å². The molecule has 2 aliphatic carbocycles. The summed E-state index contributed by atoms with van der Waals surface area (Å²) < 4.78 is 0. The molecule has 0 amide bonds. The lowest BCUT2D eigenvalue weighted by atomic mass is 9.70. The third-order valence-electron chi connectivity index (χ3n) is 4.41. The summed E-state index contributed by atoms with van der Waals surface area (Å²) in [6, 6.07) is 0. The van der Waals surface area contributed by atoms with Crippen LogP contribution in [-0.2, 0) is 4.79 Å². The van der Waals surface area contributed by atoms with Gasteiger partial charge in [0, 0.05) is 0 Å². The maximum absolute atomic E-state index is 11.2. The molecule has 0 radical (unpaired) electrons. The van der Waals surface area contributed by atoms with Gasteiger partial charge in [0.25, 0.3) is 0 Å². The van der Waals surface area contributed by atoms with E-state index in [-0.39, 0.29) is 11.3 Å². The summed E-state index contributed by atoms with van der Waals surface area (Å²) in [5.41, 5.74) is -0.350. The Kier molecular flexibility index (Phi) is 1.82. The van der Waals surface area contributed by atoms with Gasteiger partial charge < -0.3 is 5.11 Å². The van der Waals surface area contributed by atoms with E-state index in [0.29, 0.717) is 5.92 Å². The van der Waals surface area contributed by atoms with Crippen molar-refractivity contribution in [1.29, 1.82) is 0 Å². The van der Waals surface area contributed by atoms with Crippen LogP contribution in [0.2, 0.25) is 0 Å². The Bertz CT molecular complexity index is 305. The summed E-state index contributed by atoms with van der Waals surface area (Å²) in [6.45, 7) is 6.29. The third kappa shape index (κ3) is 0.999. The average Bonchev–Trinajstić information content (AvgIpc) is 2.60. The van der Waals surface area contributed by atoms with Crippen molar-refractivity contribution < 1.29 is 9.90 Å². The standard InChI is InChI=1S/C12H18O2/c1-8(2)12-5-4-9(6-12)11(3,7-12)10(13)14/h4-5,8-9H,6-7H2,1-3H3,(H,13,14). The van der Waals surface area contributed by atoms with Crippen molar-refractivity contribution in [3.63, 3.8) is 0 Å². The summed E-state index contributed by atoms with van der Waals surface area (Å²) in [4.78, 5) is 11.2. The lowest BCUT2D eigenvalue weighted by molar-refractivity contribution is -0.149. The molecule has 0 spiro atoms. The van der Waals surface area contributed by atoms with Gasteiger partial charge in [0.1, 0.15) is 0 Å². The fraction of sp³-hybridized carbons (Fsp3) is 0.750. The van der Waals surface area contributed by atoms with Gasteiger partial charge in [-0.3, -0.25) is 4.79 Å². The molecule has 14 heavy (non-hydrogen) atoms. The number of hydrogen-bond acceptors (Lipinski definition) is 1. The van der Waals surface area contributed by atoms with Gasteiger partial charge in [-0.05, 0) is 37.0 Å².